The highest BCUT2D eigenvalue weighted by atomic mass is 19.4. The fraction of sp³-hybridized carbons (Fsp3) is 0.250. The molecule has 0 saturated carbocycles. The van der Waals surface area contributed by atoms with Crippen molar-refractivity contribution >= 4 is 5.69 Å². The zero-order chi connectivity index (χ0) is 14.6. The molecule has 106 valence electrons. The third-order valence-corrected chi connectivity index (χ3v) is 3.14. The molecule has 0 radical (unpaired) electrons. The van der Waals surface area contributed by atoms with Gasteiger partial charge in [0, 0.05) is 12.2 Å². The van der Waals surface area contributed by atoms with Crippen LogP contribution in [0.25, 0.3) is 0 Å². The average molecular weight is 279 g/mol. The summed E-state index contributed by atoms with van der Waals surface area (Å²) in [5.74, 6) is 0. The van der Waals surface area contributed by atoms with Gasteiger partial charge in [-0.2, -0.15) is 13.2 Å². The first kappa shape index (κ1) is 14.4. The number of benzene rings is 2. The van der Waals surface area contributed by atoms with E-state index in [4.69, 9.17) is 0 Å². The van der Waals surface area contributed by atoms with Gasteiger partial charge in [0.05, 0.1) is 5.56 Å². The first-order valence-corrected chi connectivity index (χ1v) is 6.48. The van der Waals surface area contributed by atoms with Crippen LogP contribution in [0.3, 0.4) is 0 Å². The van der Waals surface area contributed by atoms with Gasteiger partial charge in [0.15, 0.2) is 0 Å². The molecule has 0 bridgehead atoms. The maximum Gasteiger partial charge on any atom is 0.416 e. The van der Waals surface area contributed by atoms with Gasteiger partial charge in [-0.25, -0.2) is 0 Å². The van der Waals surface area contributed by atoms with Crippen molar-refractivity contribution in [1.82, 2.24) is 0 Å². The molecule has 20 heavy (non-hydrogen) atoms. The van der Waals surface area contributed by atoms with Crippen LogP contribution >= 0.6 is 0 Å². The third-order valence-electron chi connectivity index (χ3n) is 3.14. The van der Waals surface area contributed by atoms with Crippen LogP contribution in [0.5, 0.6) is 0 Å². The molecule has 1 nitrogen and oxygen atoms in total. The Morgan fingerprint density at radius 2 is 1.40 bits per heavy atom. The molecule has 0 aliphatic heterocycles. The molecule has 0 unspecified atom stereocenters. The Bertz CT molecular complexity index is 541. The summed E-state index contributed by atoms with van der Waals surface area (Å²) in [6.45, 7) is 2.59. The first-order valence-electron chi connectivity index (χ1n) is 6.48. The van der Waals surface area contributed by atoms with Crippen LogP contribution in [0.15, 0.2) is 48.5 Å². The van der Waals surface area contributed by atoms with Gasteiger partial charge in [-0.05, 0) is 41.8 Å². The van der Waals surface area contributed by atoms with E-state index in [-0.39, 0.29) is 0 Å². The Hall–Kier alpha value is -1.97. The Balaban J connectivity index is 1.96. The molecule has 2 aromatic carbocycles. The Labute approximate surface area is 116 Å². The lowest BCUT2D eigenvalue weighted by Gasteiger charge is -2.09. The van der Waals surface area contributed by atoms with E-state index in [1.165, 1.54) is 17.7 Å². The van der Waals surface area contributed by atoms with Crippen molar-refractivity contribution in [1.29, 1.82) is 0 Å². The fourth-order valence-electron chi connectivity index (χ4n) is 1.87. The summed E-state index contributed by atoms with van der Waals surface area (Å²) in [5.41, 5.74) is 2.42. The number of aryl methyl sites for hydroxylation is 1. The van der Waals surface area contributed by atoms with Crippen LogP contribution < -0.4 is 5.32 Å². The van der Waals surface area contributed by atoms with Gasteiger partial charge < -0.3 is 5.32 Å². The lowest BCUT2D eigenvalue weighted by molar-refractivity contribution is -0.137. The lowest BCUT2D eigenvalue weighted by Crippen LogP contribution is -2.05. The maximum atomic E-state index is 12.4. The number of hydrogen-bond acceptors (Lipinski definition) is 1. The molecule has 0 saturated heterocycles. The van der Waals surface area contributed by atoms with Crippen molar-refractivity contribution in [3.8, 4) is 0 Å². The standard InChI is InChI=1S/C16H16F3N/c1-2-12-5-9-15(10-6-12)20-11-13-3-7-14(8-4-13)16(17,18)19/h3-10,20H,2,11H2,1H3. The van der Waals surface area contributed by atoms with Crippen LogP contribution in [0.1, 0.15) is 23.6 Å². The molecule has 0 aliphatic carbocycles. The summed E-state index contributed by atoms with van der Waals surface area (Å²) in [5, 5.41) is 3.19. The monoisotopic (exact) mass is 279 g/mol. The quantitative estimate of drug-likeness (QED) is 0.841. The van der Waals surface area contributed by atoms with E-state index in [2.05, 4.69) is 12.2 Å². The van der Waals surface area contributed by atoms with E-state index in [9.17, 15) is 13.2 Å². The minimum atomic E-state index is -4.28. The molecule has 0 aromatic heterocycles. The number of rotatable bonds is 4. The number of halogens is 3. The number of anilines is 1. The molecule has 0 atom stereocenters. The van der Waals surface area contributed by atoms with Gasteiger partial charge in [0.25, 0.3) is 0 Å². The summed E-state index contributed by atoms with van der Waals surface area (Å²) in [7, 11) is 0. The smallest absolute Gasteiger partial charge is 0.381 e. The second kappa shape index (κ2) is 5.99. The van der Waals surface area contributed by atoms with Gasteiger partial charge in [0.2, 0.25) is 0 Å². The van der Waals surface area contributed by atoms with Crippen LogP contribution in [0.2, 0.25) is 0 Å². The molecular weight excluding hydrogens is 263 g/mol. The minimum absolute atomic E-state index is 0.504. The van der Waals surface area contributed by atoms with Crippen LogP contribution in [0, 0.1) is 0 Å². The van der Waals surface area contributed by atoms with E-state index in [0.717, 1.165) is 29.8 Å². The van der Waals surface area contributed by atoms with Gasteiger partial charge >= 0.3 is 6.18 Å². The zero-order valence-electron chi connectivity index (χ0n) is 11.2. The Kier molecular flexibility index (Phi) is 4.32. The highest BCUT2D eigenvalue weighted by Crippen LogP contribution is 2.29. The first-order chi connectivity index (χ1) is 9.49. The molecular formula is C16H16F3N. The lowest BCUT2D eigenvalue weighted by atomic mass is 10.1. The fourth-order valence-corrected chi connectivity index (χ4v) is 1.87. The number of hydrogen-bond donors (Lipinski definition) is 1. The minimum Gasteiger partial charge on any atom is -0.381 e. The van der Waals surface area contributed by atoms with Crippen LogP contribution in [-0.2, 0) is 19.1 Å². The molecule has 1 N–H and O–H groups in total. The Morgan fingerprint density at radius 1 is 0.850 bits per heavy atom. The summed E-state index contributed by atoms with van der Waals surface area (Å²) < 4.78 is 37.3. The van der Waals surface area contributed by atoms with Crippen molar-refractivity contribution < 1.29 is 13.2 Å². The molecule has 0 amide bonds. The largest absolute Gasteiger partial charge is 0.416 e. The zero-order valence-corrected chi connectivity index (χ0v) is 11.2. The van der Waals surface area contributed by atoms with Crippen molar-refractivity contribution in [2.24, 2.45) is 0 Å². The molecule has 0 spiro atoms. The van der Waals surface area contributed by atoms with Crippen LogP contribution in [0.4, 0.5) is 18.9 Å². The average Bonchev–Trinajstić information content (AvgIpc) is 2.45. The maximum absolute atomic E-state index is 12.4. The molecule has 0 fully saturated rings. The van der Waals surface area contributed by atoms with E-state index in [0.29, 0.717) is 6.54 Å². The highest BCUT2D eigenvalue weighted by molar-refractivity contribution is 5.45. The van der Waals surface area contributed by atoms with Crippen molar-refractivity contribution in [3.05, 3.63) is 65.2 Å². The third kappa shape index (κ3) is 3.76. The van der Waals surface area contributed by atoms with Crippen molar-refractivity contribution in [3.63, 3.8) is 0 Å². The summed E-state index contributed by atoms with van der Waals surface area (Å²) >= 11 is 0. The summed E-state index contributed by atoms with van der Waals surface area (Å²) in [6.07, 6.45) is -3.29. The van der Waals surface area contributed by atoms with Gasteiger partial charge in [-0.3, -0.25) is 0 Å². The Morgan fingerprint density at radius 3 is 1.90 bits per heavy atom. The normalized spacial score (nSPS) is 11.4. The van der Waals surface area contributed by atoms with E-state index >= 15 is 0 Å². The van der Waals surface area contributed by atoms with Crippen LogP contribution in [-0.4, -0.2) is 0 Å². The number of alkyl halides is 3. The molecule has 0 heterocycles. The van der Waals surface area contributed by atoms with Gasteiger partial charge in [-0.15, -0.1) is 0 Å². The van der Waals surface area contributed by atoms with Gasteiger partial charge in [0.1, 0.15) is 0 Å². The predicted molar refractivity (Wildman–Crippen MR) is 74.6 cm³/mol. The molecule has 2 rings (SSSR count). The number of nitrogens with one attached hydrogen (secondary N) is 1. The molecule has 2 aromatic rings. The van der Waals surface area contributed by atoms with Crippen molar-refractivity contribution in [2.45, 2.75) is 26.1 Å². The predicted octanol–water partition coefficient (Wildman–Crippen LogP) is 4.88. The van der Waals surface area contributed by atoms with E-state index in [1.54, 1.807) is 0 Å². The second-order valence-electron chi connectivity index (χ2n) is 4.60. The SMILES string of the molecule is CCc1ccc(NCc2ccc(C(F)(F)F)cc2)cc1. The summed E-state index contributed by atoms with van der Waals surface area (Å²) in [4.78, 5) is 0. The van der Waals surface area contributed by atoms with Crippen molar-refractivity contribution in [2.75, 3.05) is 5.32 Å². The highest BCUT2D eigenvalue weighted by Gasteiger charge is 2.29. The summed E-state index contributed by atoms with van der Waals surface area (Å²) in [6, 6.07) is 13.2. The molecule has 0 aliphatic rings. The van der Waals surface area contributed by atoms with Gasteiger partial charge in [-0.1, -0.05) is 31.2 Å². The van der Waals surface area contributed by atoms with E-state index < -0.39 is 11.7 Å². The topological polar surface area (TPSA) is 12.0 Å². The second-order valence-corrected chi connectivity index (χ2v) is 4.60. The van der Waals surface area contributed by atoms with E-state index in [1.807, 2.05) is 24.3 Å². The molecule has 4 heteroatoms.